The van der Waals surface area contributed by atoms with Crippen LogP contribution in [0.15, 0.2) is 29.2 Å². The molecular weight excluding hydrogens is 388 g/mol. The number of aliphatic hydroxyl groups is 1. The van der Waals surface area contributed by atoms with Gasteiger partial charge in [0.25, 0.3) is 10.0 Å². The van der Waals surface area contributed by atoms with Crippen LogP contribution in [0.2, 0.25) is 0 Å². The summed E-state index contributed by atoms with van der Waals surface area (Å²) in [5, 5.41) is 11.5. The number of sulfone groups is 1. The Kier molecular flexibility index (Phi) is 5.98. The molecule has 1 aliphatic carbocycles. The van der Waals surface area contributed by atoms with Gasteiger partial charge in [0.05, 0.1) is 28.5 Å². The van der Waals surface area contributed by atoms with Crippen molar-refractivity contribution in [2.24, 2.45) is 0 Å². The Labute approximate surface area is 161 Å². The van der Waals surface area contributed by atoms with Crippen LogP contribution in [0.3, 0.4) is 0 Å². The minimum absolute atomic E-state index is 0.104. The minimum Gasteiger partial charge on any atom is -0.390 e. The summed E-state index contributed by atoms with van der Waals surface area (Å²) in [7, 11) is -4.38. The van der Waals surface area contributed by atoms with Gasteiger partial charge >= 0.3 is 0 Å². The summed E-state index contributed by atoms with van der Waals surface area (Å²) in [6.45, 7) is 0. The lowest BCUT2D eigenvalue weighted by molar-refractivity contribution is 0.0272. The van der Waals surface area contributed by atoms with E-state index in [2.05, 4.69) is 0 Å². The van der Waals surface area contributed by atoms with E-state index < -0.39 is 37.8 Å². The van der Waals surface area contributed by atoms with Gasteiger partial charge in [0.15, 0.2) is 9.84 Å². The van der Waals surface area contributed by atoms with Crippen LogP contribution < -0.4 is 0 Å². The Bertz CT molecular complexity index is 860. The van der Waals surface area contributed by atoms with E-state index in [1.54, 1.807) is 12.1 Å². The van der Waals surface area contributed by atoms with Gasteiger partial charge in [0.1, 0.15) is 0 Å². The molecule has 152 valence electrons. The van der Waals surface area contributed by atoms with Crippen molar-refractivity contribution < 1.29 is 21.9 Å². The van der Waals surface area contributed by atoms with Gasteiger partial charge < -0.3 is 5.11 Å². The number of nitrogens with zero attached hydrogens (tertiary/aromatic N) is 2. The Morgan fingerprint density at radius 3 is 2.07 bits per heavy atom. The number of aliphatic hydroxyl groups excluding tert-OH is 1. The molecule has 0 spiro atoms. The Hall–Kier alpha value is -1.00. The average Bonchev–Trinajstić information content (AvgIpc) is 2.87. The molecule has 9 heteroatoms. The van der Waals surface area contributed by atoms with Gasteiger partial charge in [-0.1, -0.05) is 31.4 Å². The summed E-state index contributed by atoms with van der Waals surface area (Å²) >= 11 is 0. The van der Waals surface area contributed by atoms with E-state index in [0.717, 1.165) is 22.8 Å². The lowest BCUT2D eigenvalue weighted by Crippen LogP contribution is -2.53. The first-order valence-corrected chi connectivity index (χ1v) is 12.6. The zero-order valence-corrected chi connectivity index (χ0v) is 17.4. The standard InChI is InChI=1S/C18H28N2O5S2/c1-19(2)20(17-12-26(22,23)13-18(17)21)27(24,25)16-10-8-15(9-11-16)14-6-4-3-5-7-14/h8-11,14,17-18,21H,3-7,12-13H2,1-2H3/t17-,18+/m0/s1. The van der Waals surface area contributed by atoms with Crippen molar-refractivity contribution in [3.63, 3.8) is 0 Å². The monoisotopic (exact) mass is 416 g/mol. The maximum Gasteiger partial charge on any atom is 0.256 e. The van der Waals surface area contributed by atoms with Crippen molar-refractivity contribution in [3.05, 3.63) is 29.8 Å². The second-order valence-electron chi connectivity index (χ2n) is 7.74. The molecule has 2 atom stereocenters. The smallest absolute Gasteiger partial charge is 0.256 e. The summed E-state index contributed by atoms with van der Waals surface area (Å²) in [6, 6.07) is 5.88. The number of benzene rings is 1. The van der Waals surface area contributed by atoms with E-state index in [1.807, 2.05) is 12.1 Å². The molecule has 1 saturated heterocycles. The molecule has 1 saturated carbocycles. The highest BCUT2D eigenvalue weighted by Crippen LogP contribution is 2.33. The molecule has 27 heavy (non-hydrogen) atoms. The Morgan fingerprint density at radius 1 is 1.00 bits per heavy atom. The molecule has 1 N–H and O–H groups in total. The lowest BCUT2D eigenvalue weighted by atomic mass is 9.84. The van der Waals surface area contributed by atoms with E-state index in [0.29, 0.717) is 5.92 Å². The van der Waals surface area contributed by atoms with E-state index in [-0.39, 0.29) is 10.6 Å². The number of hydrazine groups is 1. The molecule has 1 aromatic carbocycles. The molecule has 0 amide bonds. The number of rotatable bonds is 5. The highest BCUT2D eigenvalue weighted by atomic mass is 32.2. The van der Waals surface area contributed by atoms with Crippen LogP contribution >= 0.6 is 0 Å². The largest absolute Gasteiger partial charge is 0.390 e. The van der Waals surface area contributed by atoms with Crippen LogP contribution in [0.1, 0.15) is 43.6 Å². The molecule has 0 aromatic heterocycles. The van der Waals surface area contributed by atoms with Gasteiger partial charge in [0, 0.05) is 14.1 Å². The topological polar surface area (TPSA) is 95.0 Å². The predicted octanol–water partition coefficient (Wildman–Crippen LogP) is 1.36. The molecule has 2 aliphatic rings. The zero-order chi connectivity index (χ0) is 19.8. The quantitative estimate of drug-likeness (QED) is 0.729. The van der Waals surface area contributed by atoms with Gasteiger partial charge in [-0.05, 0) is 36.5 Å². The van der Waals surface area contributed by atoms with E-state index in [4.69, 9.17) is 0 Å². The first-order valence-electron chi connectivity index (χ1n) is 9.32. The second kappa shape index (κ2) is 7.79. The van der Waals surface area contributed by atoms with E-state index in [9.17, 15) is 21.9 Å². The maximum atomic E-state index is 13.2. The van der Waals surface area contributed by atoms with Crippen molar-refractivity contribution in [1.29, 1.82) is 0 Å². The molecule has 7 nitrogen and oxygen atoms in total. The molecule has 1 aromatic rings. The van der Waals surface area contributed by atoms with Gasteiger partial charge in [-0.25, -0.2) is 21.8 Å². The molecule has 1 aliphatic heterocycles. The highest BCUT2D eigenvalue weighted by Gasteiger charge is 2.46. The summed E-state index contributed by atoms with van der Waals surface area (Å²) in [5.41, 5.74) is 1.15. The van der Waals surface area contributed by atoms with Gasteiger partial charge in [-0.3, -0.25) is 0 Å². The summed E-state index contributed by atoms with van der Waals surface area (Å²) in [4.78, 5) is 0.104. The van der Waals surface area contributed by atoms with Gasteiger partial charge in [-0.2, -0.15) is 0 Å². The van der Waals surface area contributed by atoms with Crippen molar-refractivity contribution in [2.45, 2.75) is 55.1 Å². The summed E-state index contributed by atoms with van der Waals surface area (Å²) in [6.07, 6.45) is 4.67. The molecule has 1 heterocycles. The van der Waals surface area contributed by atoms with E-state index in [1.165, 1.54) is 38.4 Å². The summed E-state index contributed by atoms with van der Waals surface area (Å²) in [5.74, 6) is -0.327. The summed E-state index contributed by atoms with van der Waals surface area (Å²) < 4.78 is 51.1. The van der Waals surface area contributed by atoms with Gasteiger partial charge in [0.2, 0.25) is 0 Å². The van der Waals surface area contributed by atoms with Crippen molar-refractivity contribution in [3.8, 4) is 0 Å². The predicted molar refractivity (Wildman–Crippen MR) is 103 cm³/mol. The average molecular weight is 417 g/mol. The fourth-order valence-corrected chi connectivity index (χ4v) is 7.72. The number of hydrogen-bond acceptors (Lipinski definition) is 6. The Morgan fingerprint density at radius 2 is 1.59 bits per heavy atom. The minimum atomic E-state index is -3.98. The van der Waals surface area contributed by atoms with Crippen LogP contribution in [0.4, 0.5) is 0 Å². The van der Waals surface area contributed by atoms with Crippen LogP contribution in [0.25, 0.3) is 0 Å². The van der Waals surface area contributed by atoms with Crippen molar-refractivity contribution in [1.82, 2.24) is 9.42 Å². The normalized spacial score (nSPS) is 26.7. The number of hydrogen-bond donors (Lipinski definition) is 1. The zero-order valence-electron chi connectivity index (χ0n) is 15.8. The molecule has 0 bridgehead atoms. The Balaban J connectivity index is 1.88. The lowest BCUT2D eigenvalue weighted by Gasteiger charge is -2.34. The molecule has 0 unspecified atom stereocenters. The van der Waals surface area contributed by atoms with Gasteiger partial charge in [-0.15, -0.1) is 4.41 Å². The number of sulfonamides is 1. The third-order valence-electron chi connectivity index (χ3n) is 5.47. The second-order valence-corrected chi connectivity index (χ2v) is 11.7. The van der Waals surface area contributed by atoms with Crippen LogP contribution in [-0.4, -0.2) is 69.1 Å². The van der Waals surface area contributed by atoms with Crippen LogP contribution in [-0.2, 0) is 19.9 Å². The SMILES string of the molecule is CN(C)N([C@H]1CS(=O)(=O)C[C@H]1O)S(=O)(=O)c1ccc(C2CCCCC2)cc1. The fourth-order valence-electron chi connectivity index (χ4n) is 4.17. The molecular formula is C18H28N2O5S2. The van der Waals surface area contributed by atoms with Crippen molar-refractivity contribution in [2.75, 3.05) is 25.6 Å². The van der Waals surface area contributed by atoms with Crippen molar-refractivity contribution >= 4 is 19.9 Å². The van der Waals surface area contributed by atoms with Crippen LogP contribution in [0.5, 0.6) is 0 Å². The van der Waals surface area contributed by atoms with E-state index >= 15 is 0 Å². The molecule has 3 rings (SSSR count). The first kappa shape index (κ1) is 20.7. The first-order chi connectivity index (χ1) is 12.6. The highest BCUT2D eigenvalue weighted by molar-refractivity contribution is 7.92. The molecule has 0 radical (unpaired) electrons. The maximum absolute atomic E-state index is 13.2. The fraction of sp³-hybridized carbons (Fsp3) is 0.667. The van der Waals surface area contributed by atoms with Crippen LogP contribution in [0, 0.1) is 0 Å². The molecule has 2 fully saturated rings. The third kappa shape index (κ3) is 4.37. The third-order valence-corrected chi connectivity index (χ3v) is 9.13.